The summed E-state index contributed by atoms with van der Waals surface area (Å²) in [4.78, 5) is 24.1. The van der Waals surface area contributed by atoms with Crippen LogP contribution in [-0.4, -0.2) is 37.6 Å². The molecule has 0 saturated carbocycles. The van der Waals surface area contributed by atoms with Gasteiger partial charge in [-0.3, -0.25) is 9.59 Å². The number of halogens is 1. The average Bonchev–Trinajstić information content (AvgIpc) is 2.67. The van der Waals surface area contributed by atoms with Gasteiger partial charge in [-0.15, -0.1) is 0 Å². The molecule has 27 heavy (non-hydrogen) atoms. The number of amides is 2. The summed E-state index contributed by atoms with van der Waals surface area (Å²) in [5, 5.41) is 6.07. The largest absolute Gasteiger partial charge is 0.494 e. The molecule has 6 nitrogen and oxygen atoms in total. The average molecular weight is 391 g/mol. The van der Waals surface area contributed by atoms with E-state index in [0.29, 0.717) is 36.0 Å². The number of hydrogen-bond acceptors (Lipinski definition) is 4. The third-order valence-electron chi connectivity index (χ3n) is 3.63. The molecule has 7 heteroatoms. The maximum Gasteiger partial charge on any atom is 0.260 e. The minimum atomic E-state index is -0.659. The SMILES string of the molecule is CCOc1ccc(C(=O)NCCNC(=O)C(C)Oc2ccc(Cl)cc2)cc1. The fourth-order valence-corrected chi connectivity index (χ4v) is 2.37. The Kier molecular flexibility index (Phi) is 7.95. The van der Waals surface area contributed by atoms with Crippen LogP contribution in [0, 0.1) is 0 Å². The molecule has 2 N–H and O–H groups in total. The van der Waals surface area contributed by atoms with Crippen molar-refractivity contribution in [2.24, 2.45) is 0 Å². The lowest BCUT2D eigenvalue weighted by atomic mass is 10.2. The fraction of sp³-hybridized carbons (Fsp3) is 0.300. The van der Waals surface area contributed by atoms with Crippen molar-refractivity contribution in [1.82, 2.24) is 10.6 Å². The normalized spacial score (nSPS) is 11.4. The first-order valence-corrected chi connectivity index (χ1v) is 9.08. The number of ether oxygens (including phenoxy) is 2. The quantitative estimate of drug-likeness (QED) is 0.645. The first-order chi connectivity index (χ1) is 13.0. The van der Waals surface area contributed by atoms with Crippen LogP contribution in [0.25, 0.3) is 0 Å². The van der Waals surface area contributed by atoms with Gasteiger partial charge in [0.25, 0.3) is 11.8 Å². The van der Waals surface area contributed by atoms with E-state index in [-0.39, 0.29) is 11.8 Å². The zero-order chi connectivity index (χ0) is 19.6. The summed E-state index contributed by atoms with van der Waals surface area (Å²) in [5.74, 6) is 0.805. The number of nitrogens with one attached hydrogen (secondary N) is 2. The minimum Gasteiger partial charge on any atom is -0.494 e. The van der Waals surface area contributed by atoms with Crippen LogP contribution >= 0.6 is 11.6 Å². The van der Waals surface area contributed by atoms with Gasteiger partial charge >= 0.3 is 0 Å². The third kappa shape index (κ3) is 6.83. The Morgan fingerprint density at radius 1 is 0.963 bits per heavy atom. The molecule has 144 valence electrons. The maximum atomic E-state index is 12.1. The first-order valence-electron chi connectivity index (χ1n) is 8.70. The minimum absolute atomic E-state index is 0.210. The zero-order valence-electron chi connectivity index (χ0n) is 15.3. The zero-order valence-corrected chi connectivity index (χ0v) is 16.1. The highest BCUT2D eigenvalue weighted by atomic mass is 35.5. The number of benzene rings is 2. The fourth-order valence-electron chi connectivity index (χ4n) is 2.25. The molecule has 0 aromatic heterocycles. The third-order valence-corrected chi connectivity index (χ3v) is 3.88. The van der Waals surface area contributed by atoms with Gasteiger partial charge in [-0.2, -0.15) is 0 Å². The summed E-state index contributed by atoms with van der Waals surface area (Å²) in [6.45, 7) is 4.74. The summed E-state index contributed by atoms with van der Waals surface area (Å²) in [7, 11) is 0. The van der Waals surface area contributed by atoms with Crippen molar-refractivity contribution in [3.8, 4) is 11.5 Å². The van der Waals surface area contributed by atoms with Gasteiger partial charge in [0.15, 0.2) is 6.10 Å². The van der Waals surface area contributed by atoms with Gasteiger partial charge in [0.1, 0.15) is 11.5 Å². The van der Waals surface area contributed by atoms with E-state index in [1.54, 1.807) is 55.5 Å². The van der Waals surface area contributed by atoms with Crippen LogP contribution in [0.2, 0.25) is 5.02 Å². The summed E-state index contributed by atoms with van der Waals surface area (Å²) in [6.07, 6.45) is -0.659. The van der Waals surface area contributed by atoms with E-state index < -0.39 is 6.10 Å². The molecule has 0 aliphatic rings. The second-order valence-electron chi connectivity index (χ2n) is 5.72. The molecule has 0 radical (unpaired) electrons. The Balaban J connectivity index is 1.69. The maximum absolute atomic E-state index is 12.1. The van der Waals surface area contributed by atoms with Gasteiger partial charge < -0.3 is 20.1 Å². The van der Waals surface area contributed by atoms with Gasteiger partial charge in [-0.05, 0) is 62.4 Å². The molecule has 1 atom stereocenters. The molecule has 0 aliphatic heterocycles. The van der Waals surface area contributed by atoms with Crippen LogP contribution in [0.5, 0.6) is 11.5 Å². The van der Waals surface area contributed by atoms with Crippen molar-refractivity contribution >= 4 is 23.4 Å². The topological polar surface area (TPSA) is 76.7 Å². The number of carbonyl (C=O) groups excluding carboxylic acids is 2. The Labute approximate surface area is 163 Å². The highest BCUT2D eigenvalue weighted by Gasteiger charge is 2.14. The molecule has 2 rings (SSSR count). The van der Waals surface area contributed by atoms with Crippen LogP contribution in [0.3, 0.4) is 0 Å². The first kappa shape index (κ1) is 20.6. The molecule has 0 spiro atoms. The molecular weight excluding hydrogens is 368 g/mol. The Bertz CT molecular complexity index is 748. The monoisotopic (exact) mass is 390 g/mol. The molecule has 1 unspecified atom stereocenters. The number of hydrogen-bond donors (Lipinski definition) is 2. The van der Waals surface area contributed by atoms with Crippen molar-refractivity contribution < 1.29 is 19.1 Å². The molecule has 2 amide bonds. The summed E-state index contributed by atoms with van der Waals surface area (Å²) in [6, 6.07) is 13.7. The van der Waals surface area contributed by atoms with Crippen LogP contribution in [0.1, 0.15) is 24.2 Å². The van der Waals surface area contributed by atoms with Crippen molar-refractivity contribution in [3.63, 3.8) is 0 Å². The Morgan fingerprint density at radius 3 is 2.19 bits per heavy atom. The smallest absolute Gasteiger partial charge is 0.260 e. The summed E-state index contributed by atoms with van der Waals surface area (Å²) < 4.78 is 10.9. The van der Waals surface area contributed by atoms with Gasteiger partial charge in [0.2, 0.25) is 0 Å². The van der Waals surface area contributed by atoms with Crippen LogP contribution in [0.4, 0.5) is 0 Å². The van der Waals surface area contributed by atoms with E-state index in [0.717, 1.165) is 5.75 Å². The second kappa shape index (κ2) is 10.4. The van der Waals surface area contributed by atoms with Crippen LogP contribution < -0.4 is 20.1 Å². The molecule has 2 aromatic carbocycles. The lowest BCUT2D eigenvalue weighted by Gasteiger charge is -2.15. The summed E-state index contributed by atoms with van der Waals surface area (Å²) in [5.41, 5.74) is 0.532. The molecule has 2 aromatic rings. The van der Waals surface area contributed by atoms with Crippen molar-refractivity contribution in [1.29, 1.82) is 0 Å². The lowest BCUT2D eigenvalue weighted by molar-refractivity contribution is -0.127. The molecular formula is C20H23ClN2O4. The molecule has 0 aliphatic carbocycles. The van der Waals surface area contributed by atoms with E-state index >= 15 is 0 Å². The number of rotatable bonds is 9. The molecule has 0 heterocycles. The summed E-state index contributed by atoms with van der Waals surface area (Å²) >= 11 is 5.81. The number of carbonyl (C=O) groups is 2. The van der Waals surface area contributed by atoms with Gasteiger partial charge in [0.05, 0.1) is 6.61 Å². The molecule has 0 bridgehead atoms. The predicted octanol–water partition coefficient (Wildman–Crippen LogP) is 3.05. The predicted molar refractivity (Wildman–Crippen MR) is 104 cm³/mol. The Hall–Kier alpha value is -2.73. The van der Waals surface area contributed by atoms with Gasteiger partial charge in [0, 0.05) is 23.7 Å². The van der Waals surface area contributed by atoms with Crippen LogP contribution in [0.15, 0.2) is 48.5 Å². The highest BCUT2D eigenvalue weighted by Crippen LogP contribution is 2.16. The van der Waals surface area contributed by atoms with E-state index in [4.69, 9.17) is 21.1 Å². The van der Waals surface area contributed by atoms with E-state index in [1.165, 1.54) is 0 Å². The molecule has 0 fully saturated rings. The van der Waals surface area contributed by atoms with Gasteiger partial charge in [-0.1, -0.05) is 11.6 Å². The Morgan fingerprint density at radius 2 is 1.56 bits per heavy atom. The van der Waals surface area contributed by atoms with E-state index in [1.807, 2.05) is 6.92 Å². The van der Waals surface area contributed by atoms with E-state index in [2.05, 4.69) is 10.6 Å². The van der Waals surface area contributed by atoms with E-state index in [9.17, 15) is 9.59 Å². The van der Waals surface area contributed by atoms with Crippen LogP contribution in [-0.2, 0) is 4.79 Å². The second-order valence-corrected chi connectivity index (χ2v) is 6.15. The van der Waals surface area contributed by atoms with Crippen molar-refractivity contribution in [3.05, 3.63) is 59.1 Å². The standard InChI is InChI=1S/C20H23ClN2O4/c1-3-26-17-8-4-15(5-9-17)20(25)23-13-12-22-19(24)14(2)27-18-10-6-16(21)7-11-18/h4-11,14H,3,12-13H2,1-2H3,(H,22,24)(H,23,25). The lowest BCUT2D eigenvalue weighted by Crippen LogP contribution is -2.40. The molecule has 0 saturated heterocycles. The van der Waals surface area contributed by atoms with Gasteiger partial charge in [-0.25, -0.2) is 0 Å². The van der Waals surface area contributed by atoms with Crippen molar-refractivity contribution in [2.45, 2.75) is 20.0 Å². The highest BCUT2D eigenvalue weighted by molar-refractivity contribution is 6.30. The van der Waals surface area contributed by atoms with Crippen molar-refractivity contribution in [2.75, 3.05) is 19.7 Å².